The Hall–Kier alpha value is -1.94. The quantitative estimate of drug-likeness (QED) is 0.781. The molecule has 0 aliphatic rings. The second kappa shape index (κ2) is 6.12. The number of ether oxygens (including phenoxy) is 1. The molecule has 0 aliphatic heterocycles. The molecule has 2 aromatic rings. The fourth-order valence-electron chi connectivity index (χ4n) is 1.73. The van der Waals surface area contributed by atoms with E-state index in [1.807, 2.05) is 41.2 Å². The number of nitrogens with zero attached hydrogens (tertiary/aromatic N) is 2. The van der Waals surface area contributed by atoms with E-state index >= 15 is 0 Å². The van der Waals surface area contributed by atoms with Gasteiger partial charge in [0.1, 0.15) is 6.61 Å². The summed E-state index contributed by atoms with van der Waals surface area (Å²) in [7, 11) is 1.53. The van der Waals surface area contributed by atoms with Gasteiger partial charge in [-0.3, -0.25) is 4.79 Å². The Balaban J connectivity index is 1.97. The maximum atomic E-state index is 11.3. The molecule has 0 unspecified atom stereocenters. The molecule has 1 aromatic carbocycles. The lowest BCUT2D eigenvalue weighted by molar-refractivity contribution is -0.122. The predicted molar refractivity (Wildman–Crippen MR) is 68.8 cm³/mol. The van der Waals surface area contributed by atoms with Crippen LogP contribution in [0.15, 0.2) is 42.7 Å². The first kappa shape index (κ1) is 12.5. The number of carbonyl (C=O) groups is 1. The highest BCUT2D eigenvalue weighted by Crippen LogP contribution is 2.09. The molecule has 0 spiro atoms. The van der Waals surface area contributed by atoms with Crippen molar-refractivity contribution in [2.45, 2.75) is 12.8 Å². The number of rotatable bonds is 6. The second-order valence-corrected chi connectivity index (χ2v) is 4.10. The zero-order chi connectivity index (χ0) is 12.8. The minimum absolute atomic E-state index is 0.116. The molecule has 0 amide bonds. The minimum Gasteiger partial charge on any atom is -0.377 e. The van der Waals surface area contributed by atoms with E-state index in [-0.39, 0.29) is 12.4 Å². The number of hydrogen-bond donors (Lipinski definition) is 0. The molecule has 18 heavy (non-hydrogen) atoms. The Bertz CT molecular complexity index is 506. The topological polar surface area (TPSA) is 44.1 Å². The molecule has 0 aliphatic carbocycles. The smallest absolute Gasteiger partial charge is 0.158 e. The number of para-hydroxylation sites is 1. The van der Waals surface area contributed by atoms with Gasteiger partial charge in [-0.1, -0.05) is 18.2 Å². The average Bonchev–Trinajstić information content (AvgIpc) is 2.87. The Morgan fingerprint density at radius 3 is 2.83 bits per heavy atom. The predicted octanol–water partition coefficient (Wildman–Crippen LogP) is 2.02. The van der Waals surface area contributed by atoms with Crippen LogP contribution in [0.1, 0.15) is 12.0 Å². The summed E-state index contributed by atoms with van der Waals surface area (Å²) in [6.45, 7) is 0.187. The SMILES string of the molecule is COCC(=O)CCc1cnn(-c2ccccc2)c1. The lowest BCUT2D eigenvalue weighted by Crippen LogP contribution is -2.07. The number of Topliss-reactive ketones (excluding diaryl/α,β-unsaturated/α-hetero) is 1. The summed E-state index contributed by atoms with van der Waals surface area (Å²) in [6.07, 6.45) is 4.95. The van der Waals surface area contributed by atoms with Crippen molar-refractivity contribution in [3.05, 3.63) is 48.3 Å². The molecule has 0 fully saturated rings. The van der Waals surface area contributed by atoms with Gasteiger partial charge in [0.05, 0.1) is 11.9 Å². The first-order chi connectivity index (χ1) is 8.79. The number of benzene rings is 1. The molecule has 94 valence electrons. The van der Waals surface area contributed by atoms with Crippen LogP contribution < -0.4 is 0 Å². The van der Waals surface area contributed by atoms with Gasteiger partial charge in [-0.2, -0.15) is 5.10 Å². The van der Waals surface area contributed by atoms with Crippen molar-refractivity contribution in [3.8, 4) is 5.69 Å². The third-order valence-corrected chi connectivity index (χ3v) is 2.65. The average molecular weight is 244 g/mol. The normalized spacial score (nSPS) is 10.5. The highest BCUT2D eigenvalue weighted by atomic mass is 16.5. The van der Waals surface area contributed by atoms with Gasteiger partial charge in [-0.15, -0.1) is 0 Å². The van der Waals surface area contributed by atoms with E-state index in [2.05, 4.69) is 5.10 Å². The number of aromatic nitrogens is 2. The van der Waals surface area contributed by atoms with Crippen LogP contribution in [-0.4, -0.2) is 29.3 Å². The first-order valence-corrected chi connectivity index (χ1v) is 5.89. The molecular weight excluding hydrogens is 228 g/mol. The molecule has 4 nitrogen and oxygen atoms in total. The zero-order valence-electron chi connectivity index (χ0n) is 10.4. The Labute approximate surface area is 106 Å². The van der Waals surface area contributed by atoms with E-state index in [0.29, 0.717) is 12.8 Å². The van der Waals surface area contributed by atoms with Gasteiger partial charge < -0.3 is 4.74 Å². The van der Waals surface area contributed by atoms with Gasteiger partial charge in [0, 0.05) is 19.7 Å². The van der Waals surface area contributed by atoms with Crippen LogP contribution >= 0.6 is 0 Å². The van der Waals surface area contributed by atoms with Crippen molar-refractivity contribution < 1.29 is 9.53 Å². The number of hydrogen-bond acceptors (Lipinski definition) is 3. The van der Waals surface area contributed by atoms with Crippen molar-refractivity contribution in [1.82, 2.24) is 9.78 Å². The van der Waals surface area contributed by atoms with Gasteiger partial charge >= 0.3 is 0 Å². The fourth-order valence-corrected chi connectivity index (χ4v) is 1.73. The number of carbonyl (C=O) groups excluding carboxylic acids is 1. The third kappa shape index (κ3) is 3.28. The fraction of sp³-hybridized carbons (Fsp3) is 0.286. The molecule has 0 saturated carbocycles. The highest BCUT2D eigenvalue weighted by molar-refractivity contribution is 5.79. The van der Waals surface area contributed by atoms with E-state index in [9.17, 15) is 4.79 Å². The Morgan fingerprint density at radius 1 is 1.33 bits per heavy atom. The summed E-state index contributed by atoms with van der Waals surface area (Å²) >= 11 is 0. The zero-order valence-corrected chi connectivity index (χ0v) is 10.4. The van der Waals surface area contributed by atoms with Gasteiger partial charge in [0.2, 0.25) is 0 Å². The monoisotopic (exact) mass is 244 g/mol. The molecule has 0 saturated heterocycles. The van der Waals surface area contributed by atoms with E-state index < -0.39 is 0 Å². The minimum atomic E-state index is 0.116. The number of methoxy groups -OCH3 is 1. The van der Waals surface area contributed by atoms with Crippen molar-refractivity contribution in [2.75, 3.05) is 13.7 Å². The van der Waals surface area contributed by atoms with E-state index in [4.69, 9.17) is 4.74 Å². The van der Waals surface area contributed by atoms with Gasteiger partial charge in [0.15, 0.2) is 5.78 Å². The number of ketones is 1. The first-order valence-electron chi connectivity index (χ1n) is 5.89. The summed E-state index contributed by atoms with van der Waals surface area (Å²) in [6, 6.07) is 9.90. The Kier molecular flexibility index (Phi) is 4.25. The van der Waals surface area contributed by atoms with E-state index in [1.165, 1.54) is 7.11 Å². The van der Waals surface area contributed by atoms with Crippen LogP contribution in [0, 0.1) is 0 Å². The van der Waals surface area contributed by atoms with Crippen LogP contribution in [0.4, 0.5) is 0 Å². The summed E-state index contributed by atoms with van der Waals surface area (Å²) in [5.41, 5.74) is 2.08. The molecule has 0 atom stereocenters. The summed E-state index contributed by atoms with van der Waals surface area (Å²) < 4.78 is 6.61. The lowest BCUT2D eigenvalue weighted by atomic mass is 10.1. The summed E-state index contributed by atoms with van der Waals surface area (Å²) in [5, 5.41) is 4.28. The molecule has 0 N–H and O–H groups in total. The Morgan fingerprint density at radius 2 is 2.11 bits per heavy atom. The van der Waals surface area contributed by atoms with Gasteiger partial charge in [0.25, 0.3) is 0 Å². The van der Waals surface area contributed by atoms with Crippen LogP contribution in [-0.2, 0) is 16.0 Å². The maximum Gasteiger partial charge on any atom is 0.158 e. The molecule has 1 heterocycles. The van der Waals surface area contributed by atoms with Crippen LogP contribution in [0.25, 0.3) is 5.69 Å². The standard InChI is InChI=1S/C14H16N2O2/c1-18-11-14(17)8-7-12-9-15-16(10-12)13-5-3-2-4-6-13/h2-6,9-10H,7-8,11H2,1H3. The number of aryl methyl sites for hydroxylation is 1. The highest BCUT2D eigenvalue weighted by Gasteiger charge is 2.04. The van der Waals surface area contributed by atoms with Crippen molar-refractivity contribution in [2.24, 2.45) is 0 Å². The summed E-state index contributed by atoms with van der Waals surface area (Å²) in [5.74, 6) is 0.116. The largest absolute Gasteiger partial charge is 0.377 e. The molecular formula is C14H16N2O2. The summed E-state index contributed by atoms with van der Waals surface area (Å²) in [4.78, 5) is 11.3. The molecule has 1 aromatic heterocycles. The lowest BCUT2D eigenvalue weighted by Gasteiger charge is -1.99. The van der Waals surface area contributed by atoms with Crippen molar-refractivity contribution in [3.63, 3.8) is 0 Å². The van der Waals surface area contributed by atoms with Crippen LogP contribution in [0.2, 0.25) is 0 Å². The molecule has 0 bridgehead atoms. The van der Waals surface area contributed by atoms with Crippen LogP contribution in [0.5, 0.6) is 0 Å². The second-order valence-electron chi connectivity index (χ2n) is 4.10. The van der Waals surface area contributed by atoms with Gasteiger partial charge in [-0.25, -0.2) is 4.68 Å². The van der Waals surface area contributed by atoms with E-state index in [1.54, 1.807) is 6.20 Å². The van der Waals surface area contributed by atoms with Crippen molar-refractivity contribution >= 4 is 5.78 Å². The molecule has 4 heteroatoms. The maximum absolute atomic E-state index is 11.3. The third-order valence-electron chi connectivity index (χ3n) is 2.65. The van der Waals surface area contributed by atoms with E-state index in [0.717, 1.165) is 11.3 Å². The van der Waals surface area contributed by atoms with Crippen molar-refractivity contribution in [1.29, 1.82) is 0 Å². The van der Waals surface area contributed by atoms with Crippen LogP contribution in [0.3, 0.4) is 0 Å². The molecule has 2 rings (SSSR count). The van der Waals surface area contributed by atoms with Gasteiger partial charge in [-0.05, 0) is 24.1 Å². The molecule has 0 radical (unpaired) electrons.